The molecule has 0 amide bonds. The van der Waals surface area contributed by atoms with Crippen molar-refractivity contribution < 1.29 is 0 Å². The maximum atomic E-state index is 5.78. The molecule has 0 aliphatic heterocycles. The molecule has 18 heavy (non-hydrogen) atoms. The molecule has 2 rings (SSSR count). The maximum absolute atomic E-state index is 5.78. The lowest BCUT2D eigenvalue weighted by Gasteiger charge is -2.06. The van der Waals surface area contributed by atoms with Crippen LogP contribution >= 0.6 is 0 Å². The zero-order valence-electron chi connectivity index (χ0n) is 11.0. The second-order valence-corrected chi connectivity index (χ2v) is 4.97. The molecule has 0 atom stereocenters. The van der Waals surface area contributed by atoms with Crippen molar-refractivity contribution in [1.29, 1.82) is 0 Å². The van der Waals surface area contributed by atoms with E-state index < -0.39 is 0 Å². The number of hydrogen-bond donors (Lipinski definition) is 2. The standard InChI is InChI=1S/C15H21N3/c1-11(2)9-17-15(16)18-10-12-6-7-13-4-3-5-14(13)8-12/h6-8H,1,3-5,9-10H2,2H3,(H3,16,17,18). The molecule has 0 saturated heterocycles. The number of aryl methyl sites for hydroxylation is 2. The zero-order valence-corrected chi connectivity index (χ0v) is 11.0. The number of fused-ring (bicyclic) bond motifs is 1. The number of nitrogens with zero attached hydrogens (tertiary/aromatic N) is 1. The van der Waals surface area contributed by atoms with Crippen molar-refractivity contribution >= 4 is 5.96 Å². The highest BCUT2D eigenvalue weighted by molar-refractivity contribution is 5.78. The monoisotopic (exact) mass is 243 g/mol. The lowest BCUT2D eigenvalue weighted by atomic mass is 10.1. The van der Waals surface area contributed by atoms with Crippen LogP contribution in [0.4, 0.5) is 0 Å². The first-order chi connectivity index (χ1) is 8.65. The fourth-order valence-corrected chi connectivity index (χ4v) is 2.20. The van der Waals surface area contributed by atoms with Crippen LogP contribution in [0, 0.1) is 0 Å². The topological polar surface area (TPSA) is 50.4 Å². The van der Waals surface area contributed by atoms with Gasteiger partial charge in [-0.15, -0.1) is 0 Å². The van der Waals surface area contributed by atoms with Crippen molar-refractivity contribution in [3.05, 3.63) is 47.0 Å². The molecule has 0 fully saturated rings. The van der Waals surface area contributed by atoms with Crippen molar-refractivity contribution in [3.63, 3.8) is 0 Å². The Morgan fingerprint density at radius 2 is 2.17 bits per heavy atom. The Kier molecular flexibility index (Phi) is 4.03. The third-order valence-corrected chi connectivity index (χ3v) is 3.17. The van der Waals surface area contributed by atoms with Crippen molar-refractivity contribution in [2.75, 3.05) is 6.54 Å². The van der Waals surface area contributed by atoms with Crippen LogP contribution in [0.3, 0.4) is 0 Å². The number of guanidine groups is 1. The van der Waals surface area contributed by atoms with Crippen LogP contribution in [0.25, 0.3) is 0 Å². The van der Waals surface area contributed by atoms with Crippen LogP contribution in [0.15, 0.2) is 35.3 Å². The fraction of sp³-hybridized carbons (Fsp3) is 0.400. The third kappa shape index (κ3) is 3.36. The van der Waals surface area contributed by atoms with Gasteiger partial charge in [-0.2, -0.15) is 0 Å². The van der Waals surface area contributed by atoms with Gasteiger partial charge in [-0.3, -0.25) is 0 Å². The van der Waals surface area contributed by atoms with E-state index in [0.717, 1.165) is 5.57 Å². The molecule has 96 valence electrons. The highest BCUT2D eigenvalue weighted by Gasteiger charge is 2.10. The van der Waals surface area contributed by atoms with Gasteiger partial charge >= 0.3 is 0 Å². The highest BCUT2D eigenvalue weighted by atomic mass is 15.1. The predicted octanol–water partition coefficient (Wildman–Crippen LogP) is 2.16. The summed E-state index contributed by atoms with van der Waals surface area (Å²) < 4.78 is 0. The van der Waals surface area contributed by atoms with Crippen molar-refractivity contribution in [3.8, 4) is 0 Å². The molecule has 0 radical (unpaired) electrons. The Hall–Kier alpha value is -1.77. The van der Waals surface area contributed by atoms with Crippen LogP contribution in [-0.4, -0.2) is 12.5 Å². The summed E-state index contributed by atoms with van der Waals surface area (Å²) in [7, 11) is 0. The predicted molar refractivity (Wildman–Crippen MR) is 76.6 cm³/mol. The molecule has 1 aromatic rings. The molecule has 0 spiro atoms. The van der Waals surface area contributed by atoms with Crippen LogP contribution in [0.1, 0.15) is 30.0 Å². The van der Waals surface area contributed by atoms with Crippen molar-refractivity contribution in [2.24, 2.45) is 10.7 Å². The van der Waals surface area contributed by atoms with E-state index in [4.69, 9.17) is 5.73 Å². The molecule has 1 aliphatic carbocycles. The number of rotatable bonds is 4. The average Bonchev–Trinajstić information content (AvgIpc) is 2.81. The van der Waals surface area contributed by atoms with Crippen molar-refractivity contribution in [1.82, 2.24) is 5.32 Å². The largest absolute Gasteiger partial charge is 0.370 e. The lowest BCUT2D eigenvalue weighted by Crippen LogP contribution is -2.32. The van der Waals surface area contributed by atoms with Crippen LogP contribution in [-0.2, 0) is 19.4 Å². The van der Waals surface area contributed by atoms with E-state index in [1.54, 1.807) is 0 Å². The number of nitrogens with one attached hydrogen (secondary N) is 1. The van der Waals surface area contributed by atoms with Crippen molar-refractivity contribution in [2.45, 2.75) is 32.7 Å². The van der Waals surface area contributed by atoms with Crippen LogP contribution < -0.4 is 11.1 Å². The van der Waals surface area contributed by atoms with Gasteiger partial charge in [0.2, 0.25) is 0 Å². The molecule has 0 bridgehead atoms. The van der Waals surface area contributed by atoms with E-state index in [9.17, 15) is 0 Å². The molecule has 3 N–H and O–H groups in total. The summed E-state index contributed by atoms with van der Waals surface area (Å²) in [5, 5.41) is 3.03. The van der Waals surface area contributed by atoms with Crippen LogP contribution in [0.2, 0.25) is 0 Å². The first kappa shape index (κ1) is 12.7. The number of benzene rings is 1. The third-order valence-electron chi connectivity index (χ3n) is 3.17. The van der Waals surface area contributed by atoms with Gasteiger partial charge in [0.05, 0.1) is 6.54 Å². The average molecular weight is 243 g/mol. The Balaban J connectivity index is 1.93. The van der Waals surface area contributed by atoms with Gasteiger partial charge < -0.3 is 11.1 Å². The summed E-state index contributed by atoms with van der Waals surface area (Å²) >= 11 is 0. The van der Waals surface area contributed by atoms with Gasteiger partial charge in [0.15, 0.2) is 5.96 Å². The molecule has 0 unspecified atom stereocenters. The maximum Gasteiger partial charge on any atom is 0.189 e. The summed E-state index contributed by atoms with van der Waals surface area (Å²) in [4.78, 5) is 4.33. The van der Waals surface area contributed by atoms with E-state index in [2.05, 4.69) is 35.1 Å². The molecular formula is C15H21N3. The number of aliphatic imine (C=N–C) groups is 1. The molecule has 1 aliphatic rings. The molecule has 3 nitrogen and oxygen atoms in total. The Morgan fingerprint density at radius 3 is 2.94 bits per heavy atom. The van der Waals surface area contributed by atoms with E-state index in [0.29, 0.717) is 19.0 Å². The summed E-state index contributed by atoms with van der Waals surface area (Å²) in [6.07, 6.45) is 3.71. The minimum absolute atomic E-state index is 0.485. The normalized spacial score (nSPS) is 14.4. The first-order valence-electron chi connectivity index (χ1n) is 6.44. The zero-order chi connectivity index (χ0) is 13.0. The van der Waals surface area contributed by atoms with Gasteiger partial charge in [-0.25, -0.2) is 4.99 Å². The fourth-order valence-electron chi connectivity index (χ4n) is 2.20. The Bertz CT molecular complexity index is 475. The molecule has 1 aromatic carbocycles. The molecule has 0 aromatic heterocycles. The molecule has 0 heterocycles. The SMILES string of the molecule is C=C(C)CNC(N)=NCc1ccc2c(c1)CCC2. The minimum atomic E-state index is 0.485. The second-order valence-electron chi connectivity index (χ2n) is 4.97. The van der Waals surface area contributed by atoms with Crippen LogP contribution in [0.5, 0.6) is 0 Å². The second kappa shape index (κ2) is 5.71. The first-order valence-corrected chi connectivity index (χ1v) is 6.44. The highest BCUT2D eigenvalue weighted by Crippen LogP contribution is 2.22. The van der Waals surface area contributed by atoms with Gasteiger partial charge in [-0.1, -0.05) is 30.4 Å². The smallest absolute Gasteiger partial charge is 0.189 e. The quantitative estimate of drug-likeness (QED) is 0.483. The van der Waals surface area contributed by atoms with E-state index in [1.807, 2.05) is 6.92 Å². The van der Waals surface area contributed by atoms with E-state index >= 15 is 0 Å². The molecule has 0 saturated carbocycles. The molecular weight excluding hydrogens is 222 g/mol. The number of nitrogens with two attached hydrogens (primary N) is 1. The Morgan fingerprint density at radius 1 is 1.39 bits per heavy atom. The van der Waals surface area contributed by atoms with Gasteiger partial charge in [0.25, 0.3) is 0 Å². The number of hydrogen-bond acceptors (Lipinski definition) is 1. The Labute approximate surface area is 109 Å². The summed E-state index contributed by atoms with van der Waals surface area (Å²) in [5.41, 5.74) is 11.0. The lowest BCUT2D eigenvalue weighted by molar-refractivity contribution is 0.911. The summed E-state index contributed by atoms with van der Waals surface area (Å²) in [6.45, 7) is 7.09. The summed E-state index contributed by atoms with van der Waals surface area (Å²) in [6, 6.07) is 6.64. The molecule has 3 heteroatoms. The van der Waals surface area contributed by atoms with Gasteiger partial charge in [0.1, 0.15) is 0 Å². The van der Waals surface area contributed by atoms with Gasteiger partial charge in [0, 0.05) is 6.54 Å². The van der Waals surface area contributed by atoms with E-state index in [-0.39, 0.29) is 0 Å². The minimum Gasteiger partial charge on any atom is -0.370 e. The van der Waals surface area contributed by atoms with E-state index in [1.165, 1.54) is 36.0 Å². The van der Waals surface area contributed by atoms with Gasteiger partial charge in [-0.05, 0) is 42.9 Å². The summed E-state index contributed by atoms with van der Waals surface area (Å²) in [5.74, 6) is 0.485.